The SMILES string of the molecule is CC(=O)C=C(C)O.CC(=O)C=C(C)O.CC(=O)C=C(C)O.Cc1ccc2c(n1)C(C)c1c(-c3cc4oc(-c5ccc(C(C)C)cc5)cc4cn3)[c-]ccc1-2.Cc1ccc2c(n1)oc1c(-c3cc4oc(-c5c(C(C)C)cccc5C(C)C)cc4cn3)[c-]ccc12.Cc1ccc2c(n1)oc1c(-c3cc4oc(-c5cc(C(C)(C)C)cc(C(C)(C)C)c5)cc4cn3)[c-]ccc12.[Ir].[Ir].[Ir]. The third kappa shape index (κ3) is 23.0. The number of furan rings is 5. The zero-order valence-electron chi connectivity index (χ0n) is 76.7. The van der Waals surface area contributed by atoms with Crippen LogP contribution in [-0.4, -0.2) is 62.6 Å². The molecule has 3 radical (unpaired) electrons. The molecule has 669 valence electrons. The van der Waals surface area contributed by atoms with Crippen molar-refractivity contribution in [1.29, 1.82) is 0 Å². The molecule has 1 aliphatic rings. The number of pyridine rings is 6. The molecule has 0 bridgehead atoms. The van der Waals surface area contributed by atoms with Gasteiger partial charge in [-0.25, -0.2) is 9.97 Å². The molecule has 129 heavy (non-hydrogen) atoms. The summed E-state index contributed by atoms with van der Waals surface area (Å²) in [6.45, 7) is 43.6. The number of hydrogen-bond donors (Lipinski definition) is 3. The van der Waals surface area contributed by atoms with Crippen molar-refractivity contribution in [2.24, 2.45) is 0 Å². The molecule has 1 atom stereocenters. The zero-order valence-corrected chi connectivity index (χ0v) is 83.9. The van der Waals surface area contributed by atoms with Crippen LogP contribution in [0.3, 0.4) is 0 Å². The Kier molecular flexibility index (Phi) is 32.0. The minimum absolute atomic E-state index is 0. The van der Waals surface area contributed by atoms with E-state index in [1.54, 1.807) is 0 Å². The van der Waals surface area contributed by atoms with Gasteiger partial charge < -0.3 is 52.4 Å². The second kappa shape index (κ2) is 41.6. The van der Waals surface area contributed by atoms with Crippen LogP contribution in [0.5, 0.6) is 0 Å². The number of ketones is 3. The third-order valence-corrected chi connectivity index (χ3v) is 21.8. The summed E-state index contributed by atoms with van der Waals surface area (Å²) >= 11 is 0. The van der Waals surface area contributed by atoms with Crippen molar-refractivity contribution in [2.75, 3.05) is 0 Å². The van der Waals surface area contributed by atoms with E-state index in [0.717, 1.165) is 151 Å². The molecule has 17 nitrogen and oxygen atoms in total. The van der Waals surface area contributed by atoms with Gasteiger partial charge in [0.15, 0.2) is 17.3 Å². The summed E-state index contributed by atoms with van der Waals surface area (Å²) in [5, 5.41) is 32.0. The maximum absolute atomic E-state index is 10.0. The number of rotatable bonds is 12. The molecule has 11 aromatic heterocycles. The van der Waals surface area contributed by atoms with E-state index >= 15 is 0 Å². The summed E-state index contributed by atoms with van der Waals surface area (Å²) in [6, 6.07) is 68.8. The number of fused-ring (bicyclic) bond motifs is 12. The molecule has 0 saturated carbocycles. The standard InChI is InChI=1S/C33H31N2O2.C31H27N2O2.C30H25N2O.3C5H8O2.3Ir/c1-19-11-12-25-24-9-8-10-26(30(24)37-31(25)35-19)27-17-29-21(18-34-27)15-28(36-29)20-13-22(32(2,3)4)16-23(14-20)33(5,6)7;1-17(2)21-8-6-9-22(18(3)4)29(21)28-14-20-16-32-26(15-27(20)34-28)25-11-7-10-23-24-13-12-19(5)33-31(24)35-30(23)25;1-17(2)20-9-11-21(12-10-20)27-14-22-16-31-26(15-28(22)33-27)25-7-5-6-23-24-13-8-18(3)32-30(24)19(4)29(23)25;3*1-4(6)3-5(2)7;;;/h8-9,11-18H,1-7H3;6-10,12-18H,1-5H3;5-6,8-17,19H,1-4H3;3*3,6H,1-2H3;;;/q3*-1;;;;;;. The summed E-state index contributed by atoms with van der Waals surface area (Å²) in [5.41, 5.74) is 27.9. The fourth-order valence-electron chi connectivity index (χ4n) is 15.5. The number of carbonyl (C=O) groups excluding carboxylic acids is 3. The molecule has 0 aliphatic heterocycles. The van der Waals surface area contributed by atoms with Gasteiger partial charge in [0.1, 0.15) is 34.0 Å². The Morgan fingerprint density at radius 1 is 0.411 bits per heavy atom. The Bertz CT molecular complexity index is 6960. The van der Waals surface area contributed by atoms with Gasteiger partial charge in [0.25, 0.3) is 0 Å². The van der Waals surface area contributed by atoms with Gasteiger partial charge in [-0.15, -0.1) is 65.7 Å². The fraction of sp³-hybridized carbons (Fsp3) is 0.257. The minimum Gasteiger partial charge on any atom is -0.512 e. The summed E-state index contributed by atoms with van der Waals surface area (Å²) in [7, 11) is 0. The smallest absolute Gasteiger partial charge is 0.216 e. The number of aliphatic hydroxyl groups is 3. The number of aromatic nitrogens is 6. The van der Waals surface area contributed by atoms with E-state index in [2.05, 4.69) is 227 Å². The van der Waals surface area contributed by atoms with E-state index in [9.17, 15) is 14.4 Å². The Morgan fingerprint density at radius 3 is 1.20 bits per heavy atom. The molecule has 0 spiro atoms. The predicted molar refractivity (Wildman–Crippen MR) is 507 cm³/mol. The summed E-state index contributed by atoms with van der Waals surface area (Å²) < 4.78 is 31.6. The van der Waals surface area contributed by atoms with Gasteiger partial charge in [-0.1, -0.05) is 172 Å². The first-order valence-corrected chi connectivity index (χ1v) is 42.4. The van der Waals surface area contributed by atoms with Crippen LogP contribution in [0.25, 0.3) is 156 Å². The van der Waals surface area contributed by atoms with Gasteiger partial charge >= 0.3 is 0 Å². The van der Waals surface area contributed by atoms with Crippen LogP contribution in [0.1, 0.15) is 211 Å². The van der Waals surface area contributed by atoms with Crippen molar-refractivity contribution < 1.29 is 112 Å². The van der Waals surface area contributed by atoms with Crippen molar-refractivity contribution in [3.8, 4) is 78.9 Å². The number of aryl methyl sites for hydroxylation is 3. The second-order valence-electron chi connectivity index (χ2n) is 35.3. The van der Waals surface area contributed by atoms with E-state index in [1.807, 2.05) is 100 Å². The molecule has 0 saturated heterocycles. The summed E-state index contributed by atoms with van der Waals surface area (Å²) in [6.07, 6.45) is 9.15. The molecule has 0 amide bonds. The monoisotopic (exact) mass is 2250 g/mol. The Balaban J connectivity index is 0.000000179. The number of benzene rings is 6. The van der Waals surface area contributed by atoms with E-state index in [1.165, 1.54) is 110 Å². The molecule has 6 aromatic carbocycles. The molecule has 11 heterocycles. The Morgan fingerprint density at radius 2 is 0.798 bits per heavy atom. The largest absolute Gasteiger partial charge is 0.512 e. The molecular formula is C109H107Ir3N6O11-3. The maximum atomic E-state index is 10.0. The summed E-state index contributed by atoms with van der Waals surface area (Å²) in [4.78, 5) is 58.3. The number of carbonyl (C=O) groups is 3. The first kappa shape index (κ1) is 99.2. The normalized spacial score (nSPS) is 12.5. The third-order valence-electron chi connectivity index (χ3n) is 21.8. The van der Waals surface area contributed by atoms with Gasteiger partial charge in [-0.2, -0.15) is 0 Å². The van der Waals surface area contributed by atoms with E-state index in [-0.39, 0.29) is 112 Å². The molecular weight excluding hydrogens is 2150 g/mol. The fourth-order valence-corrected chi connectivity index (χ4v) is 15.5. The van der Waals surface area contributed by atoms with Crippen LogP contribution in [0, 0.1) is 39.0 Å². The van der Waals surface area contributed by atoms with Crippen molar-refractivity contribution in [1.82, 2.24) is 29.9 Å². The van der Waals surface area contributed by atoms with E-state index in [0.29, 0.717) is 29.2 Å². The molecule has 17 aromatic rings. The van der Waals surface area contributed by atoms with E-state index in [4.69, 9.17) is 57.3 Å². The van der Waals surface area contributed by atoms with Crippen molar-refractivity contribution >= 4 is 94.4 Å². The minimum atomic E-state index is -0.125. The maximum Gasteiger partial charge on any atom is 0.216 e. The van der Waals surface area contributed by atoms with Crippen LogP contribution >= 0.6 is 0 Å². The molecule has 3 N–H and O–H groups in total. The van der Waals surface area contributed by atoms with Crippen molar-refractivity contribution in [2.45, 2.75) is 187 Å². The molecule has 1 unspecified atom stereocenters. The molecule has 0 fully saturated rings. The van der Waals surface area contributed by atoms with Crippen LogP contribution < -0.4 is 0 Å². The van der Waals surface area contributed by atoms with Crippen LogP contribution in [0.15, 0.2) is 246 Å². The van der Waals surface area contributed by atoms with Gasteiger partial charge in [-0.3, -0.25) is 19.4 Å². The van der Waals surface area contributed by atoms with Crippen molar-refractivity contribution in [3.63, 3.8) is 0 Å². The van der Waals surface area contributed by atoms with Crippen LogP contribution in [0.4, 0.5) is 0 Å². The number of allylic oxidation sites excluding steroid dienone is 6. The number of aliphatic hydroxyl groups excluding tert-OH is 3. The van der Waals surface area contributed by atoms with Gasteiger partial charge in [0.2, 0.25) is 11.4 Å². The predicted octanol–water partition coefficient (Wildman–Crippen LogP) is 29.0. The topological polar surface area (TPSA) is 255 Å². The van der Waals surface area contributed by atoms with Crippen molar-refractivity contribution in [3.05, 3.63) is 298 Å². The first-order chi connectivity index (χ1) is 59.7. The number of nitrogens with zero attached hydrogens (tertiary/aromatic N) is 6. The van der Waals surface area contributed by atoms with Crippen LogP contribution in [0.2, 0.25) is 0 Å². The van der Waals surface area contributed by atoms with Gasteiger partial charge in [0.05, 0.1) is 28.4 Å². The second-order valence-corrected chi connectivity index (χ2v) is 35.3. The Labute approximate surface area is 794 Å². The van der Waals surface area contributed by atoms with Gasteiger partial charge in [-0.05, 0) is 226 Å². The quantitative estimate of drug-likeness (QED) is 0.0584. The average Bonchev–Trinajstić information content (AvgIpc) is 1.33. The number of hydrogen-bond acceptors (Lipinski definition) is 17. The average molecular weight is 2250 g/mol. The molecule has 1 aliphatic carbocycles. The molecule has 18 rings (SSSR count). The Hall–Kier alpha value is -12.0. The van der Waals surface area contributed by atoms with Gasteiger partial charge in [0, 0.05) is 164 Å². The molecule has 20 heteroatoms. The van der Waals surface area contributed by atoms with E-state index < -0.39 is 0 Å². The summed E-state index contributed by atoms with van der Waals surface area (Å²) in [5.74, 6) is 3.90. The first-order valence-electron chi connectivity index (χ1n) is 42.4. The van der Waals surface area contributed by atoms with Crippen LogP contribution in [-0.2, 0) is 85.5 Å². The zero-order chi connectivity index (χ0) is 90.7.